The number of methoxy groups -OCH3 is 1. The van der Waals surface area contributed by atoms with Gasteiger partial charge in [0, 0.05) is 24.3 Å². The van der Waals surface area contributed by atoms with Crippen LogP contribution in [-0.2, 0) is 11.3 Å². The van der Waals surface area contributed by atoms with E-state index in [0.29, 0.717) is 6.54 Å². The average Bonchev–Trinajstić information content (AvgIpc) is 2.46. The molecule has 1 unspecified atom stereocenters. The van der Waals surface area contributed by atoms with Gasteiger partial charge in [0.15, 0.2) is 0 Å². The molecule has 1 atom stereocenters. The van der Waals surface area contributed by atoms with Gasteiger partial charge >= 0.3 is 5.97 Å². The second-order valence-corrected chi connectivity index (χ2v) is 3.96. The van der Waals surface area contributed by atoms with Gasteiger partial charge < -0.3 is 14.4 Å². The predicted octanol–water partition coefficient (Wildman–Crippen LogP) is 1.98. The summed E-state index contributed by atoms with van der Waals surface area (Å²) in [6.07, 6.45) is 1.73. The monoisotopic (exact) mass is 261 g/mol. The zero-order valence-corrected chi connectivity index (χ0v) is 9.61. The van der Waals surface area contributed by atoms with E-state index in [9.17, 15) is 4.79 Å². The van der Waals surface area contributed by atoms with E-state index < -0.39 is 5.97 Å². The highest BCUT2D eigenvalue weighted by Gasteiger charge is 2.13. The first-order chi connectivity index (χ1) is 6.54. The van der Waals surface area contributed by atoms with Crippen molar-refractivity contribution in [1.82, 2.24) is 4.57 Å². The van der Waals surface area contributed by atoms with Gasteiger partial charge in [0.1, 0.15) is 5.69 Å². The molecular weight excluding hydrogens is 250 g/mol. The lowest BCUT2D eigenvalue weighted by Crippen LogP contribution is -2.17. The predicted molar refractivity (Wildman–Crippen MR) is 55.6 cm³/mol. The SMILES string of the molecule is COC(C)Cn1cc(Br)cc1C(=O)O. The lowest BCUT2D eigenvalue weighted by atomic mass is 10.3. The van der Waals surface area contributed by atoms with Gasteiger partial charge in [0.25, 0.3) is 0 Å². The van der Waals surface area contributed by atoms with Crippen LogP contribution < -0.4 is 0 Å². The van der Waals surface area contributed by atoms with Crippen molar-refractivity contribution in [3.05, 3.63) is 22.4 Å². The Labute approximate surface area is 90.6 Å². The standard InChI is InChI=1S/C9H12BrNO3/c1-6(14-2)4-11-5-7(10)3-8(11)9(12)13/h3,5-6H,4H2,1-2H3,(H,12,13). The minimum Gasteiger partial charge on any atom is -0.477 e. The van der Waals surface area contributed by atoms with Gasteiger partial charge in [-0.25, -0.2) is 4.79 Å². The Morgan fingerprint density at radius 3 is 2.93 bits per heavy atom. The van der Waals surface area contributed by atoms with E-state index in [1.165, 1.54) is 0 Å². The minimum absolute atomic E-state index is 0.00704. The van der Waals surface area contributed by atoms with Crippen LogP contribution in [0.3, 0.4) is 0 Å². The van der Waals surface area contributed by atoms with Crippen molar-refractivity contribution in [3.8, 4) is 0 Å². The van der Waals surface area contributed by atoms with E-state index in [1.54, 1.807) is 23.9 Å². The summed E-state index contributed by atoms with van der Waals surface area (Å²) in [5.41, 5.74) is 0.265. The van der Waals surface area contributed by atoms with Crippen molar-refractivity contribution in [1.29, 1.82) is 0 Å². The summed E-state index contributed by atoms with van der Waals surface area (Å²) >= 11 is 3.24. The van der Waals surface area contributed by atoms with Gasteiger partial charge in [-0.3, -0.25) is 0 Å². The zero-order valence-electron chi connectivity index (χ0n) is 8.03. The van der Waals surface area contributed by atoms with Crippen molar-refractivity contribution in [2.24, 2.45) is 0 Å². The summed E-state index contributed by atoms with van der Waals surface area (Å²) < 4.78 is 7.48. The van der Waals surface area contributed by atoms with Crippen molar-refractivity contribution in [2.75, 3.05) is 7.11 Å². The molecule has 1 N–H and O–H groups in total. The average molecular weight is 262 g/mol. The summed E-state index contributed by atoms with van der Waals surface area (Å²) in [6.45, 7) is 2.42. The van der Waals surface area contributed by atoms with Gasteiger partial charge in [-0.05, 0) is 28.9 Å². The van der Waals surface area contributed by atoms with E-state index >= 15 is 0 Å². The number of ether oxygens (including phenoxy) is 1. The van der Waals surface area contributed by atoms with E-state index in [-0.39, 0.29) is 11.8 Å². The van der Waals surface area contributed by atoms with Crippen LogP contribution in [0.4, 0.5) is 0 Å². The number of hydrogen-bond donors (Lipinski definition) is 1. The molecular formula is C9H12BrNO3. The molecule has 0 aliphatic heterocycles. The number of carboxylic acid groups (broad SMARTS) is 1. The molecule has 1 aromatic heterocycles. The molecule has 0 bridgehead atoms. The summed E-state index contributed by atoms with van der Waals surface area (Å²) in [5, 5.41) is 8.88. The molecule has 1 heterocycles. The zero-order chi connectivity index (χ0) is 10.7. The number of aromatic carboxylic acids is 1. The fourth-order valence-electron chi connectivity index (χ4n) is 1.16. The maximum absolute atomic E-state index is 10.8. The van der Waals surface area contributed by atoms with Gasteiger partial charge in [-0.15, -0.1) is 0 Å². The first-order valence-corrected chi connectivity index (χ1v) is 4.95. The Hall–Kier alpha value is -0.810. The molecule has 0 saturated heterocycles. The molecule has 78 valence electrons. The molecule has 14 heavy (non-hydrogen) atoms. The number of carbonyl (C=O) groups is 1. The van der Waals surface area contributed by atoms with E-state index in [2.05, 4.69) is 15.9 Å². The van der Waals surface area contributed by atoms with E-state index in [0.717, 1.165) is 4.47 Å². The third-order valence-corrected chi connectivity index (χ3v) is 2.37. The summed E-state index contributed by atoms with van der Waals surface area (Å²) in [7, 11) is 1.60. The van der Waals surface area contributed by atoms with Crippen LogP contribution in [0.5, 0.6) is 0 Å². The molecule has 0 aliphatic carbocycles. The first-order valence-electron chi connectivity index (χ1n) is 4.16. The topological polar surface area (TPSA) is 51.5 Å². The molecule has 0 aliphatic rings. The maximum Gasteiger partial charge on any atom is 0.352 e. The largest absolute Gasteiger partial charge is 0.477 e. The Balaban J connectivity index is 2.89. The first kappa shape index (κ1) is 11.3. The molecule has 5 heteroatoms. The lowest BCUT2D eigenvalue weighted by molar-refractivity contribution is 0.0672. The van der Waals surface area contributed by atoms with Crippen LogP contribution >= 0.6 is 15.9 Å². The number of rotatable bonds is 4. The van der Waals surface area contributed by atoms with Crippen molar-refractivity contribution in [2.45, 2.75) is 19.6 Å². The molecule has 0 fully saturated rings. The highest BCUT2D eigenvalue weighted by Crippen LogP contribution is 2.15. The molecule has 0 saturated carbocycles. The van der Waals surface area contributed by atoms with Gasteiger partial charge in [0.05, 0.1) is 6.10 Å². The van der Waals surface area contributed by atoms with Crippen LogP contribution in [0.25, 0.3) is 0 Å². The molecule has 0 amide bonds. The number of nitrogens with zero attached hydrogens (tertiary/aromatic N) is 1. The summed E-state index contributed by atoms with van der Waals surface area (Å²) in [5.74, 6) is -0.931. The number of halogens is 1. The maximum atomic E-state index is 10.8. The molecule has 4 nitrogen and oxygen atoms in total. The molecule has 1 aromatic rings. The summed E-state index contributed by atoms with van der Waals surface area (Å²) in [4.78, 5) is 10.8. The third-order valence-electron chi connectivity index (χ3n) is 1.94. The third kappa shape index (κ3) is 2.59. The molecule has 0 aromatic carbocycles. The second-order valence-electron chi connectivity index (χ2n) is 3.05. The molecule has 0 radical (unpaired) electrons. The van der Waals surface area contributed by atoms with Crippen molar-refractivity contribution >= 4 is 21.9 Å². The second kappa shape index (κ2) is 4.61. The Bertz CT molecular complexity index is 335. The van der Waals surface area contributed by atoms with Crippen molar-refractivity contribution in [3.63, 3.8) is 0 Å². The van der Waals surface area contributed by atoms with Crippen LogP contribution in [0.1, 0.15) is 17.4 Å². The normalized spacial score (nSPS) is 12.8. The smallest absolute Gasteiger partial charge is 0.352 e. The quantitative estimate of drug-likeness (QED) is 0.902. The van der Waals surface area contributed by atoms with E-state index in [1.807, 2.05) is 6.92 Å². The molecule has 0 spiro atoms. The highest BCUT2D eigenvalue weighted by atomic mass is 79.9. The van der Waals surface area contributed by atoms with Gasteiger partial charge in [-0.2, -0.15) is 0 Å². The van der Waals surface area contributed by atoms with Crippen LogP contribution in [0.15, 0.2) is 16.7 Å². The number of carboxylic acids is 1. The Morgan fingerprint density at radius 2 is 2.43 bits per heavy atom. The van der Waals surface area contributed by atoms with Crippen LogP contribution in [-0.4, -0.2) is 28.9 Å². The van der Waals surface area contributed by atoms with Crippen LogP contribution in [0, 0.1) is 0 Å². The molecule has 1 rings (SSSR count). The fourth-order valence-corrected chi connectivity index (χ4v) is 1.62. The number of aromatic nitrogens is 1. The fraction of sp³-hybridized carbons (Fsp3) is 0.444. The van der Waals surface area contributed by atoms with Gasteiger partial charge in [-0.1, -0.05) is 0 Å². The van der Waals surface area contributed by atoms with E-state index in [4.69, 9.17) is 9.84 Å². The van der Waals surface area contributed by atoms with Crippen LogP contribution in [0.2, 0.25) is 0 Å². The number of hydrogen-bond acceptors (Lipinski definition) is 2. The van der Waals surface area contributed by atoms with Crippen molar-refractivity contribution < 1.29 is 14.6 Å². The Morgan fingerprint density at radius 1 is 1.79 bits per heavy atom. The summed E-state index contributed by atoms with van der Waals surface area (Å²) in [6, 6.07) is 1.57. The van der Waals surface area contributed by atoms with Gasteiger partial charge in [0.2, 0.25) is 0 Å². The lowest BCUT2D eigenvalue weighted by Gasteiger charge is -2.11. The minimum atomic E-state index is -0.931. The highest BCUT2D eigenvalue weighted by molar-refractivity contribution is 9.10. The Kier molecular flexibility index (Phi) is 3.71.